The minimum absolute atomic E-state index is 0.0836. The average molecular weight is 482 g/mol. The molecule has 3 heterocycles. The minimum Gasteiger partial charge on any atom is -0.444 e. The first-order valence-electron chi connectivity index (χ1n) is 11.8. The summed E-state index contributed by atoms with van der Waals surface area (Å²) in [4.78, 5) is 33.2. The summed E-state index contributed by atoms with van der Waals surface area (Å²) >= 11 is 0. The number of carbonyl (C=O) groups excluding carboxylic acids is 1. The molecule has 1 aliphatic heterocycles. The fourth-order valence-electron chi connectivity index (χ4n) is 4.11. The lowest BCUT2D eigenvalue weighted by Crippen LogP contribution is -2.42. The molecule has 1 fully saturated rings. The van der Waals surface area contributed by atoms with E-state index in [0.717, 1.165) is 30.5 Å². The van der Waals surface area contributed by atoms with Crippen molar-refractivity contribution in [2.75, 3.05) is 25.0 Å². The molecule has 11 heteroatoms. The third kappa shape index (κ3) is 6.43. The van der Waals surface area contributed by atoms with E-state index >= 15 is 0 Å². The summed E-state index contributed by atoms with van der Waals surface area (Å²) in [6.07, 6.45) is 5.67. The first-order chi connectivity index (χ1) is 16.7. The number of nitrogens with zero attached hydrogens (tertiary/aromatic N) is 6. The van der Waals surface area contributed by atoms with E-state index in [1.165, 1.54) is 18.5 Å². The number of non-ortho nitro benzene ring substituents is 1. The highest BCUT2D eigenvalue weighted by molar-refractivity contribution is 5.84. The van der Waals surface area contributed by atoms with E-state index < -0.39 is 10.5 Å². The number of ether oxygens (including phenoxy) is 1. The van der Waals surface area contributed by atoms with E-state index in [0.29, 0.717) is 43.3 Å². The lowest BCUT2D eigenvalue weighted by Gasteiger charge is -2.33. The number of hydrogen-bond donors (Lipinski definition) is 1. The number of anilines is 1. The van der Waals surface area contributed by atoms with Gasteiger partial charge < -0.3 is 15.0 Å². The summed E-state index contributed by atoms with van der Waals surface area (Å²) < 4.78 is 7.39. The van der Waals surface area contributed by atoms with Gasteiger partial charge in [-0.2, -0.15) is 5.10 Å². The Bertz CT molecular complexity index is 1180. The van der Waals surface area contributed by atoms with Gasteiger partial charge in [0, 0.05) is 38.3 Å². The molecule has 1 amide bonds. The van der Waals surface area contributed by atoms with Gasteiger partial charge in [-0.1, -0.05) is 12.1 Å². The van der Waals surface area contributed by atoms with Crippen LogP contribution >= 0.6 is 0 Å². The van der Waals surface area contributed by atoms with E-state index in [1.54, 1.807) is 17.0 Å². The molecular formula is C24H31N7O4. The van der Waals surface area contributed by atoms with Crippen LogP contribution in [0.2, 0.25) is 0 Å². The van der Waals surface area contributed by atoms with E-state index in [-0.39, 0.29) is 11.8 Å². The maximum Gasteiger partial charge on any atom is 0.410 e. The highest BCUT2D eigenvalue weighted by atomic mass is 16.6. The van der Waals surface area contributed by atoms with Crippen LogP contribution in [0, 0.1) is 16.0 Å². The fourth-order valence-corrected chi connectivity index (χ4v) is 4.11. The van der Waals surface area contributed by atoms with Crippen molar-refractivity contribution in [3.05, 3.63) is 52.5 Å². The Balaban J connectivity index is 1.31. The molecule has 2 aromatic heterocycles. The van der Waals surface area contributed by atoms with Crippen LogP contribution in [0.1, 0.15) is 39.2 Å². The number of hydrogen-bond acceptors (Lipinski definition) is 8. The number of fused-ring (bicyclic) bond motifs is 1. The van der Waals surface area contributed by atoms with Crippen LogP contribution in [0.5, 0.6) is 0 Å². The number of piperidine rings is 1. The van der Waals surface area contributed by atoms with Crippen molar-refractivity contribution in [1.82, 2.24) is 24.6 Å². The monoisotopic (exact) mass is 481 g/mol. The van der Waals surface area contributed by atoms with Crippen molar-refractivity contribution < 1.29 is 14.5 Å². The number of likely N-dealkylation sites (tertiary alicyclic amines) is 1. The van der Waals surface area contributed by atoms with Gasteiger partial charge in [0.15, 0.2) is 11.3 Å². The van der Waals surface area contributed by atoms with E-state index in [2.05, 4.69) is 15.3 Å². The molecule has 35 heavy (non-hydrogen) atoms. The highest BCUT2D eigenvalue weighted by Gasteiger charge is 2.27. The molecule has 1 aliphatic rings. The standard InChI is InChI=1S/C24H31N7O4/c1-24(2,3)35-23(32)29-12-9-18(10-13-29)14-30-15-20-21(28-30)22(27-16-26-20)25-11-8-17-4-6-19(7-5-17)31(33)34/h4-7,15-16,18H,8-14H2,1-3H3,(H,25,26,27). The molecule has 3 aromatic rings. The van der Waals surface area contributed by atoms with Gasteiger partial charge in [-0.25, -0.2) is 14.8 Å². The third-order valence-corrected chi connectivity index (χ3v) is 5.92. The Morgan fingerprint density at radius 2 is 1.91 bits per heavy atom. The largest absolute Gasteiger partial charge is 0.444 e. The number of rotatable bonds is 7. The minimum atomic E-state index is -0.488. The van der Waals surface area contributed by atoms with Crippen LogP contribution in [0.25, 0.3) is 11.0 Å². The molecule has 0 radical (unpaired) electrons. The smallest absolute Gasteiger partial charge is 0.410 e. The van der Waals surface area contributed by atoms with Crippen LogP contribution in [-0.2, 0) is 17.7 Å². The molecule has 0 spiro atoms. The molecule has 1 saturated heterocycles. The molecule has 0 bridgehead atoms. The Morgan fingerprint density at radius 1 is 1.20 bits per heavy atom. The lowest BCUT2D eigenvalue weighted by atomic mass is 9.97. The SMILES string of the molecule is CC(C)(C)OC(=O)N1CCC(Cn2cc3ncnc(NCCc4ccc([N+](=O)[O-])cc4)c3n2)CC1. The van der Waals surface area contributed by atoms with Gasteiger partial charge in [-0.15, -0.1) is 0 Å². The van der Waals surface area contributed by atoms with Crippen molar-refractivity contribution in [3.8, 4) is 0 Å². The molecule has 4 rings (SSSR count). The maximum atomic E-state index is 12.3. The molecule has 0 saturated carbocycles. The molecule has 1 aromatic carbocycles. The van der Waals surface area contributed by atoms with Crippen molar-refractivity contribution in [2.45, 2.75) is 52.2 Å². The van der Waals surface area contributed by atoms with Crippen LogP contribution < -0.4 is 5.32 Å². The van der Waals surface area contributed by atoms with E-state index in [1.807, 2.05) is 31.6 Å². The van der Waals surface area contributed by atoms with Crippen LogP contribution in [-0.4, -0.2) is 60.9 Å². The topological polar surface area (TPSA) is 128 Å². The number of aromatic nitrogens is 4. The molecular weight excluding hydrogens is 450 g/mol. The van der Waals surface area contributed by atoms with Gasteiger partial charge >= 0.3 is 6.09 Å². The molecule has 11 nitrogen and oxygen atoms in total. The summed E-state index contributed by atoms with van der Waals surface area (Å²) in [6.45, 7) is 8.34. The Morgan fingerprint density at radius 3 is 2.57 bits per heavy atom. The van der Waals surface area contributed by atoms with E-state index in [9.17, 15) is 14.9 Å². The van der Waals surface area contributed by atoms with Crippen molar-refractivity contribution in [1.29, 1.82) is 0 Å². The number of nitro benzene ring substituents is 1. The summed E-state index contributed by atoms with van der Waals surface area (Å²) in [5.41, 5.74) is 2.07. The molecule has 0 aliphatic carbocycles. The number of nitro groups is 1. The quantitative estimate of drug-likeness (QED) is 0.396. The Labute approximate surface area is 203 Å². The van der Waals surface area contributed by atoms with E-state index in [4.69, 9.17) is 9.84 Å². The third-order valence-electron chi connectivity index (χ3n) is 5.92. The zero-order chi connectivity index (χ0) is 25.0. The van der Waals surface area contributed by atoms with Crippen molar-refractivity contribution in [2.24, 2.45) is 5.92 Å². The van der Waals surface area contributed by atoms with Gasteiger partial charge in [-0.3, -0.25) is 14.8 Å². The van der Waals surface area contributed by atoms with Crippen molar-refractivity contribution >= 4 is 28.6 Å². The fraction of sp³-hybridized carbons (Fsp3) is 0.500. The first kappa shape index (κ1) is 24.4. The molecule has 186 valence electrons. The van der Waals surface area contributed by atoms with Crippen molar-refractivity contribution in [3.63, 3.8) is 0 Å². The zero-order valence-electron chi connectivity index (χ0n) is 20.3. The second-order valence-corrected chi connectivity index (χ2v) is 9.82. The van der Waals surface area contributed by atoms with Crippen LogP contribution in [0.4, 0.5) is 16.3 Å². The van der Waals surface area contributed by atoms with Crippen LogP contribution in [0.3, 0.4) is 0 Å². The summed E-state index contributed by atoms with van der Waals surface area (Å²) in [5.74, 6) is 1.07. The maximum absolute atomic E-state index is 12.3. The zero-order valence-corrected chi connectivity index (χ0v) is 20.3. The number of benzene rings is 1. The second kappa shape index (κ2) is 10.2. The van der Waals surface area contributed by atoms with Gasteiger partial charge in [0.25, 0.3) is 5.69 Å². The Kier molecular flexibility index (Phi) is 7.13. The van der Waals surface area contributed by atoms with Crippen LogP contribution in [0.15, 0.2) is 36.8 Å². The summed E-state index contributed by atoms with van der Waals surface area (Å²) in [7, 11) is 0. The predicted molar refractivity (Wildman–Crippen MR) is 131 cm³/mol. The second-order valence-electron chi connectivity index (χ2n) is 9.82. The number of nitrogens with one attached hydrogen (secondary N) is 1. The van der Waals surface area contributed by atoms with Gasteiger partial charge in [0.1, 0.15) is 17.4 Å². The molecule has 0 unspecified atom stereocenters. The average Bonchev–Trinajstić information content (AvgIpc) is 3.22. The number of amides is 1. The molecule has 0 atom stereocenters. The highest BCUT2D eigenvalue weighted by Crippen LogP contribution is 2.23. The summed E-state index contributed by atoms with van der Waals surface area (Å²) in [6, 6.07) is 6.55. The predicted octanol–water partition coefficient (Wildman–Crippen LogP) is 4.04. The van der Waals surface area contributed by atoms with Gasteiger partial charge in [0.2, 0.25) is 0 Å². The molecule has 1 N–H and O–H groups in total. The first-order valence-corrected chi connectivity index (χ1v) is 11.8. The number of carbonyl (C=O) groups is 1. The lowest BCUT2D eigenvalue weighted by molar-refractivity contribution is -0.384. The summed E-state index contributed by atoms with van der Waals surface area (Å²) in [5, 5.41) is 18.8. The van der Waals surface area contributed by atoms with Gasteiger partial charge in [0.05, 0.1) is 11.1 Å². The van der Waals surface area contributed by atoms with Gasteiger partial charge in [-0.05, 0) is 51.5 Å². The Hall–Kier alpha value is -3.76. The normalized spacial score (nSPS) is 14.8.